The van der Waals surface area contributed by atoms with Gasteiger partial charge in [0.15, 0.2) is 6.29 Å². The molecule has 1 atom stereocenters. The van der Waals surface area contributed by atoms with Crippen LogP contribution < -0.4 is 10.6 Å². The molecule has 1 amide bonds. The van der Waals surface area contributed by atoms with Crippen LogP contribution in [0, 0.1) is 5.92 Å². The van der Waals surface area contributed by atoms with E-state index in [1.54, 1.807) is 14.2 Å². The minimum Gasteiger partial charge on any atom is -0.444 e. The maximum atomic E-state index is 11.8. The van der Waals surface area contributed by atoms with Crippen LogP contribution in [0.25, 0.3) is 0 Å². The Bertz CT molecular complexity index is 273. The summed E-state index contributed by atoms with van der Waals surface area (Å²) in [5, 5.41) is 6.09. The summed E-state index contributed by atoms with van der Waals surface area (Å²) in [7, 11) is 3.18. The van der Waals surface area contributed by atoms with E-state index < -0.39 is 11.7 Å². The summed E-state index contributed by atoms with van der Waals surface area (Å²) in [5.41, 5.74) is -0.490. The molecule has 0 saturated carbocycles. The Hall–Kier alpha value is -0.850. The summed E-state index contributed by atoms with van der Waals surface area (Å²) >= 11 is 0. The maximum Gasteiger partial charge on any atom is 0.407 e. The largest absolute Gasteiger partial charge is 0.444 e. The zero-order valence-corrected chi connectivity index (χ0v) is 13.8. The smallest absolute Gasteiger partial charge is 0.407 e. The van der Waals surface area contributed by atoms with Crippen LogP contribution in [0.15, 0.2) is 0 Å². The zero-order chi connectivity index (χ0) is 15.8. The van der Waals surface area contributed by atoms with Gasteiger partial charge < -0.3 is 24.8 Å². The third-order valence-electron chi connectivity index (χ3n) is 2.71. The van der Waals surface area contributed by atoms with E-state index in [-0.39, 0.29) is 12.3 Å². The third kappa shape index (κ3) is 9.12. The third-order valence-corrected chi connectivity index (χ3v) is 2.71. The first-order valence-electron chi connectivity index (χ1n) is 6.95. The highest BCUT2D eigenvalue weighted by molar-refractivity contribution is 5.68. The molecular formula is C14H30N2O4. The number of alkyl carbamates (subject to hydrolysis) is 1. The van der Waals surface area contributed by atoms with E-state index in [1.165, 1.54) is 0 Å². The number of ether oxygens (including phenoxy) is 3. The quantitative estimate of drug-likeness (QED) is 0.667. The molecule has 0 rings (SSSR count). The summed E-state index contributed by atoms with van der Waals surface area (Å²) < 4.78 is 15.4. The molecule has 0 radical (unpaired) electrons. The van der Waals surface area contributed by atoms with Gasteiger partial charge in [0.1, 0.15) is 5.60 Å². The van der Waals surface area contributed by atoms with Crippen molar-refractivity contribution in [1.29, 1.82) is 0 Å². The lowest BCUT2D eigenvalue weighted by Gasteiger charge is -2.26. The summed E-state index contributed by atoms with van der Waals surface area (Å²) in [5.74, 6) is 0.290. The van der Waals surface area contributed by atoms with Crippen LogP contribution in [0.5, 0.6) is 0 Å². The van der Waals surface area contributed by atoms with Gasteiger partial charge in [0, 0.05) is 33.4 Å². The average molecular weight is 290 g/mol. The topological polar surface area (TPSA) is 68.8 Å². The van der Waals surface area contributed by atoms with Crippen LogP contribution >= 0.6 is 0 Å². The molecule has 0 aliphatic rings. The molecule has 0 saturated heterocycles. The van der Waals surface area contributed by atoms with Gasteiger partial charge in [0.25, 0.3) is 0 Å². The Kier molecular flexibility index (Phi) is 8.76. The molecule has 0 fully saturated rings. The van der Waals surface area contributed by atoms with Gasteiger partial charge in [0.2, 0.25) is 0 Å². The number of carbonyl (C=O) groups excluding carboxylic acids is 1. The number of hydrogen-bond donors (Lipinski definition) is 2. The number of nitrogens with one attached hydrogen (secondary N) is 2. The van der Waals surface area contributed by atoms with E-state index in [4.69, 9.17) is 14.2 Å². The SMILES string of the molecule is COC(CNCC(NC(=O)OC(C)(C)C)C(C)C)OC. The van der Waals surface area contributed by atoms with Gasteiger partial charge in [-0.1, -0.05) is 13.8 Å². The van der Waals surface area contributed by atoms with Gasteiger partial charge in [-0.25, -0.2) is 4.79 Å². The lowest BCUT2D eigenvalue weighted by molar-refractivity contribution is -0.0988. The highest BCUT2D eigenvalue weighted by Crippen LogP contribution is 2.08. The first kappa shape index (κ1) is 19.1. The molecule has 0 aromatic carbocycles. The molecule has 6 nitrogen and oxygen atoms in total. The Morgan fingerprint density at radius 2 is 1.65 bits per heavy atom. The Labute approximate surface area is 122 Å². The van der Waals surface area contributed by atoms with E-state index in [2.05, 4.69) is 10.6 Å². The molecule has 0 aliphatic carbocycles. The molecule has 6 heteroatoms. The number of amides is 1. The second-order valence-corrected chi connectivity index (χ2v) is 6.06. The summed E-state index contributed by atoms with van der Waals surface area (Å²) in [6.45, 7) is 10.8. The van der Waals surface area contributed by atoms with Gasteiger partial charge in [-0.15, -0.1) is 0 Å². The van der Waals surface area contributed by atoms with Crippen LogP contribution in [0.2, 0.25) is 0 Å². The molecule has 1 unspecified atom stereocenters. The predicted octanol–water partition coefficient (Wildman–Crippen LogP) is 1.74. The summed E-state index contributed by atoms with van der Waals surface area (Å²) in [4.78, 5) is 11.8. The van der Waals surface area contributed by atoms with E-state index in [9.17, 15) is 4.79 Å². The van der Waals surface area contributed by atoms with Gasteiger partial charge in [-0.2, -0.15) is 0 Å². The number of methoxy groups -OCH3 is 2. The van der Waals surface area contributed by atoms with E-state index in [0.29, 0.717) is 19.0 Å². The van der Waals surface area contributed by atoms with Crippen LogP contribution in [0.1, 0.15) is 34.6 Å². The molecule has 0 bridgehead atoms. The van der Waals surface area contributed by atoms with Crippen LogP contribution in [-0.4, -0.2) is 51.3 Å². The van der Waals surface area contributed by atoms with Crippen molar-refractivity contribution in [3.05, 3.63) is 0 Å². The van der Waals surface area contributed by atoms with Crippen LogP contribution in [0.4, 0.5) is 4.79 Å². The lowest BCUT2D eigenvalue weighted by atomic mass is 10.0. The van der Waals surface area contributed by atoms with E-state index in [0.717, 1.165) is 0 Å². The van der Waals surface area contributed by atoms with Crippen LogP contribution in [0.3, 0.4) is 0 Å². The fourth-order valence-corrected chi connectivity index (χ4v) is 1.53. The van der Waals surface area contributed by atoms with Gasteiger partial charge >= 0.3 is 6.09 Å². The Morgan fingerprint density at radius 1 is 1.10 bits per heavy atom. The standard InChI is InChI=1S/C14H30N2O4/c1-10(2)11(8-15-9-12(18-6)19-7)16-13(17)20-14(3,4)5/h10-12,15H,8-9H2,1-7H3,(H,16,17). The van der Waals surface area contributed by atoms with E-state index in [1.807, 2.05) is 34.6 Å². The fraction of sp³-hybridized carbons (Fsp3) is 0.929. The van der Waals surface area contributed by atoms with Crippen LogP contribution in [-0.2, 0) is 14.2 Å². The van der Waals surface area contributed by atoms with Crippen molar-refractivity contribution < 1.29 is 19.0 Å². The molecule has 0 aliphatic heterocycles. The minimum atomic E-state index is -0.490. The van der Waals surface area contributed by atoms with Gasteiger partial charge in [-0.3, -0.25) is 0 Å². The molecule has 0 aromatic rings. The monoisotopic (exact) mass is 290 g/mol. The number of rotatable bonds is 8. The van der Waals surface area contributed by atoms with Crippen molar-refractivity contribution in [3.8, 4) is 0 Å². The minimum absolute atomic E-state index is 0.0146. The summed E-state index contributed by atoms with van der Waals surface area (Å²) in [6, 6.07) is -0.0146. The second kappa shape index (κ2) is 9.15. The average Bonchev–Trinajstić information content (AvgIpc) is 2.30. The van der Waals surface area contributed by atoms with Crippen molar-refractivity contribution >= 4 is 6.09 Å². The van der Waals surface area contributed by atoms with Crippen molar-refractivity contribution in [2.45, 2.75) is 52.6 Å². The molecule has 0 spiro atoms. The molecule has 20 heavy (non-hydrogen) atoms. The van der Waals surface area contributed by atoms with Crippen molar-refractivity contribution in [2.24, 2.45) is 5.92 Å². The summed E-state index contributed by atoms with van der Waals surface area (Å²) in [6.07, 6.45) is -0.683. The number of carbonyl (C=O) groups is 1. The predicted molar refractivity (Wildman–Crippen MR) is 78.7 cm³/mol. The Morgan fingerprint density at radius 3 is 2.05 bits per heavy atom. The van der Waals surface area contributed by atoms with Gasteiger partial charge in [-0.05, 0) is 26.7 Å². The normalized spacial score (nSPS) is 13.7. The highest BCUT2D eigenvalue weighted by Gasteiger charge is 2.21. The second-order valence-electron chi connectivity index (χ2n) is 6.06. The Balaban J connectivity index is 4.20. The van der Waals surface area contributed by atoms with Crippen molar-refractivity contribution in [3.63, 3.8) is 0 Å². The lowest BCUT2D eigenvalue weighted by Crippen LogP contribution is -2.48. The molecule has 0 aromatic heterocycles. The van der Waals surface area contributed by atoms with E-state index >= 15 is 0 Å². The van der Waals surface area contributed by atoms with Gasteiger partial charge in [0.05, 0.1) is 0 Å². The van der Waals surface area contributed by atoms with Crippen molar-refractivity contribution in [2.75, 3.05) is 27.3 Å². The number of hydrogen-bond acceptors (Lipinski definition) is 5. The fourth-order valence-electron chi connectivity index (χ4n) is 1.53. The first-order valence-corrected chi connectivity index (χ1v) is 6.95. The molecular weight excluding hydrogens is 260 g/mol. The zero-order valence-electron chi connectivity index (χ0n) is 13.8. The molecule has 0 heterocycles. The highest BCUT2D eigenvalue weighted by atomic mass is 16.7. The maximum absolute atomic E-state index is 11.8. The first-order chi connectivity index (χ1) is 9.19. The molecule has 120 valence electrons. The molecule has 2 N–H and O–H groups in total. The van der Waals surface area contributed by atoms with Crippen molar-refractivity contribution in [1.82, 2.24) is 10.6 Å².